The third kappa shape index (κ3) is 3.36. The van der Waals surface area contributed by atoms with Crippen molar-refractivity contribution in [1.29, 1.82) is 0 Å². The minimum Gasteiger partial charge on any atom is -0.507 e. The average Bonchev–Trinajstić information content (AvgIpc) is 2.49. The van der Waals surface area contributed by atoms with Crippen molar-refractivity contribution in [2.45, 2.75) is 0 Å². The number of hydrogen-bond donors (Lipinski definition) is 3. The number of nitrogens with zero attached hydrogens (tertiary/aromatic N) is 2. The molecule has 0 fully saturated rings. The fraction of sp³-hybridized carbons (Fsp3) is 0. The minimum atomic E-state index is -1.01. The Hall–Kier alpha value is -3.60. The largest absolute Gasteiger partial charge is 0.507 e. The van der Waals surface area contributed by atoms with Gasteiger partial charge in [0, 0.05) is 0 Å². The van der Waals surface area contributed by atoms with Crippen molar-refractivity contribution in [3.05, 3.63) is 59.2 Å². The van der Waals surface area contributed by atoms with Crippen molar-refractivity contribution in [1.82, 2.24) is 0 Å². The van der Waals surface area contributed by atoms with Crippen molar-refractivity contribution < 1.29 is 19.0 Å². The predicted octanol–water partition coefficient (Wildman–Crippen LogP) is 2.29. The van der Waals surface area contributed by atoms with E-state index in [1.54, 1.807) is 0 Å². The summed E-state index contributed by atoms with van der Waals surface area (Å²) in [5.41, 5.74) is 9.74. The second-order valence-corrected chi connectivity index (χ2v) is 4.29. The third-order valence-electron chi connectivity index (χ3n) is 2.73. The Balaban J connectivity index is 2.63. The lowest BCUT2D eigenvalue weighted by Crippen LogP contribution is -2.24. The molecule has 0 saturated heterocycles. The molecule has 116 valence electrons. The first kappa shape index (κ1) is 15.8. The number of guanidine groups is 1. The second kappa shape index (κ2) is 6.44. The van der Waals surface area contributed by atoms with E-state index in [1.807, 2.05) is 0 Å². The molecular weight excluding hydrogens is 303 g/mol. The number of nitrogens with two attached hydrogens (primary N) is 2. The van der Waals surface area contributed by atoms with E-state index >= 15 is 0 Å². The van der Waals surface area contributed by atoms with Gasteiger partial charge in [0.2, 0.25) is 5.69 Å². The van der Waals surface area contributed by atoms with Gasteiger partial charge in [-0.1, -0.05) is 12.1 Å². The number of benzene rings is 2. The molecule has 23 heavy (non-hydrogen) atoms. The van der Waals surface area contributed by atoms with Crippen LogP contribution in [0.1, 0.15) is 10.4 Å². The molecule has 2 aromatic carbocycles. The van der Waals surface area contributed by atoms with Crippen LogP contribution in [0.5, 0.6) is 17.2 Å². The smallest absolute Gasteiger partial charge is 0.286 e. The molecule has 2 aromatic rings. The van der Waals surface area contributed by atoms with Crippen LogP contribution in [0.2, 0.25) is 0 Å². The highest BCUT2D eigenvalue weighted by molar-refractivity contribution is 6.06. The van der Waals surface area contributed by atoms with Crippen LogP contribution in [0.25, 0.3) is 4.85 Å². The fourth-order valence-electron chi connectivity index (χ4n) is 1.77. The SMILES string of the molecule is [C-]#[N+]c1ccc(O)c(C(=O)N=C(N)N)c1Oc1ccccc1F. The summed E-state index contributed by atoms with van der Waals surface area (Å²) in [6, 6.07) is 7.76. The third-order valence-corrected chi connectivity index (χ3v) is 2.73. The average molecular weight is 314 g/mol. The molecule has 0 bridgehead atoms. The van der Waals surface area contributed by atoms with Crippen LogP contribution in [0.4, 0.5) is 10.1 Å². The van der Waals surface area contributed by atoms with Crippen LogP contribution < -0.4 is 16.2 Å². The number of phenols is 1. The number of aromatic hydroxyl groups is 1. The highest BCUT2D eigenvalue weighted by atomic mass is 19.1. The van der Waals surface area contributed by atoms with Crippen LogP contribution in [0.3, 0.4) is 0 Å². The maximum atomic E-state index is 13.7. The van der Waals surface area contributed by atoms with Gasteiger partial charge in [-0.3, -0.25) is 4.79 Å². The Morgan fingerprint density at radius 2 is 1.96 bits per heavy atom. The molecule has 0 aliphatic heterocycles. The first-order valence-electron chi connectivity index (χ1n) is 6.23. The number of para-hydroxylation sites is 1. The van der Waals surface area contributed by atoms with Crippen LogP contribution in [0.15, 0.2) is 41.4 Å². The zero-order valence-corrected chi connectivity index (χ0v) is 11.7. The number of rotatable bonds is 3. The summed E-state index contributed by atoms with van der Waals surface area (Å²) in [4.78, 5) is 18.5. The molecule has 2 rings (SSSR count). The van der Waals surface area contributed by atoms with Gasteiger partial charge in [0.1, 0.15) is 11.3 Å². The molecule has 0 atom stereocenters. The lowest BCUT2D eigenvalue weighted by Gasteiger charge is -2.13. The lowest BCUT2D eigenvalue weighted by molar-refractivity contribution is 0.0998. The Kier molecular flexibility index (Phi) is 4.42. The van der Waals surface area contributed by atoms with E-state index < -0.39 is 29.0 Å². The number of carbonyl (C=O) groups excluding carboxylic acids is 1. The maximum Gasteiger partial charge on any atom is 0.286 e. The summed E-state index contributed by atoms with van der Waals surface area (Å²) in [6.45, 7) is 7.13. The second-order valence-electron chi connectivity index (χ2n) is 4.29. The normalized spacial score (nSPS) is 9.74. The summed E-state index contributed by atoms with van der Waals surface area (Å²) in [5.74, 6) is -3.30. The number of phenolic OH excluding ortho intramolecular Hbond substituents is 1. The minimum absolute atomic E-state index is 0.111. The van der Waals surface area contributed by atoms with Crippen molar-refractivity contribution in [3.63, 3.8) is 0 Å². The maximum absolute atomic E-state index is 13.7. The monoisotopic (exact) mass is 314 g/mol. The van der Waals surface area contributed by atoms with Gasteiger partial charge in [-0.05, 0) is 24.3 Å². The molecule has 0 aromatic heterocycles. The van der Waals surface area contributed by atoms with E-state index in [2.05, 4.69) is 9.84 Å². The van der Waals surface area contributed by atoms with Gasteiger partial charge in [-0.15, -0.1) is 0 Å². The highest BCUT2D eigenvalue weighted by Crippen LogP contribution is 2.40. The summed E-state index contributed by atoms with van der Waals surface area (Å²) in [6.07, 6.45) is 0. The van der Waals surface area contributed by atoms with E-state index in [0.717, 1.165) is 12.1 Å². The van der Waals surface area contributed by atoms with Gasteiger partial charge < -0.3 is 21.3 Å². The van der Waals surface area contributed by atoms with E-state index in [0.29, 0.717) is 0 Å². The van der Waals surface area contributed by atoms with Crippen molar-refractivity contribution in [3.8, 4) is 17.2 Å². The quantitative estimate of drug-likeness (QED) is 0.457. The highest BCUT2D eigenvalue weighted by Gasteiger charge is 2.22. The van der Waals surface area contributed by atoms with Gasteiger partial charge in [0.15, 0.2) is 23.3 Å². The van der Waals surface area contributed by atoms with Crippen LogP contribution in [-0.2, 0) is 0 Å². The Morgan fingerprint density at radius 1 is 1.26 bits per heavy atom. The zero-order chi connectivity index (χ0) is 17.0. The number of carbonyl (C=O) groups is 1. The van der Waals surface area contributed by atoms with Gasteiger partial charge in [-0.25, -0.2) is 9.24 Å². The first-order chi connectivity index (χ1) is 10.9. The van der Waals surface area contributed by atoms with Gasteiger partial charge in [0.05, 0.1) is 6.57 Å². The van der Waals surface area contributed by atoms with Gasteiger partial charge in [0.25, 0.3) is 5.91 Å². The molecule has 5 N–H and O–H groups in total. The summed E-state index contributed by atoms with van der Waals surface area (Å²) >= 11 is 0. The fourth-order valence-corrected chi connectivity index (χ4v) is 1.77. The number of halogens is 1. The predicted molar refractivity (Wildman–Crippen MR) is 81.0 cm³/mol. The standard InChI is InChI=1S/C15H11FN4O3/c1-19-9-6-7-10(21)12(14(22)20-15(17)18)13(9)23-11-5-3-2-4-8(11)16/h2-7,21H,(H4,17,18,20,22). The Morgan fingerprint density at radius 3 is 2.57 bits per heavy atom. The van der Waals surface area contributed by atoms with E-state index in [-0.39, 0.29) is 17.2 Å². The molecule has 0 aliphatic carbocycles. The van der Waals surface area contributed by atoms with Crippen LogP contribution in [0, 0.1) is 12.4 Å². The van der Waals surface area contributed by atoms with Crippen molar-refractivity contribution in [2.24, 2.45) is 16.5 Å². The first-order valence-corrected chi connectivity index (χ1v) is 6.23. The summed E-state index contributed by atoms with van der Waals surface area (Å²) in [5, 5.41) is 9.89. The molecular formula is C15H11FN4O3. The molecule has 7 nitrogen and oxygen atoms in total. The van der Waals surface area contributed by atoms with Crippen LogP contribution >= 0.6 is 0 Å². The molecule has 0 spiro atoms. The lowest BCUT2D eigenvalue weighted by atomic mass is 10.1. The Bertz CT molecular complexity index is 839. The summed E-state index contributed by atoms with van der Waals surface area (Å²) in [7, 11) is 0. The molecule has 1 amide bonds. The molecule has 0 aliphatic rings. The van der Waals surface area contributed by atoms with Gasteiger partial charge >= 0.3 is 0 Å². The molecule has 0 unspecified atom stereocenters. The molecule has 0 radical (unpaired) electrons. The molecule has 8 heteroatoms. The number of ether oxygens (including phenoxy) is 1. The van der Waals surface area contributed by atoms with E-state index in [9.17, 15) is 14.3 Å². The van der Waals surface area contributed by atoms with Crippen molar-refractivity contribution in [2.75, 3.05) is 0 Å². The van der Waals surface area contributed by atoms with Crippen molar-refractivity contribution >= 4 is 17.6 Å². The number of amides is 1. The van der Waals surface area contributed by atoms with E-state index in [1.165, 1.54) is 24.3 Å². The van der Waals surface area contributed by atoms with Gasteiger partial charge in [-0.2, -0.15) is 4.99 Å². The zero-order valence-electron chi connectivity index (χ0n) is 11.7. The Labute approximate surface area is 130 Å². The number of aliphatic imine (C=N–C) groups is 1. The molecule has 0 heterocycles. The van der Waals surface area contributed by atoms with Crippen LogP contribution in [-0.4, -0.2) is 17.0 Å². The summed E-state index contributed by atoms with van der Waals surface area (Å²) < 4.78 is 19.1. The molecule has 0 saturated carbocycles. The number of hydrogen-bond acceptors (Lipinski definition) is 3. The van der Waals surface area contributed by atoms with E-state index in [4.69, 9.17) is 22.8 Å². The topological polar surface area (TPSA) is 115 Å².